The Morgan fingerprint density at radius 1 is 0.914 bits per heavy atom. The summed E-state index contributed by atoms with van der Waals surface area (Å²) in [4.78, 5) is 23.8. The Balaban J connectivity index is 1.86. The number of ether oxygens (including phenoxy) is 2. The van der Waals surface area contributed by atoms with Gasteiger partial charge in [-0.15, -0.1) is 0 Å². The van der Waals surface area contributed by atoms with Crippen molar-refractivity contribution in [3.63, 3.8) is 0 Å². The lowest BCUT2D eigenvalue weighted by Crippen LogP contribution is -2.11. The van der Waals surface area contributed by atoms with Crippen molar-refractivity contribution in [1.82, 2.24) is 4.57 Å². The third-order valence-electron chi connectivity index (χ3n) is 5.30. The molecule has 10 heteroatoms. The van der Waals surface area contributed by atoms with Gasteiger partial charge in [0, 0.05) is 22.8 Å². The molecule has 0 bridgehead atoms. The number of alkyl halides is 3. The second-order valence-corrected chi connectivity index (χ2v) is 7.54. The topological polar surface area (TPSA) is 98.0 Å². The summed E-state index contributed by atoms with van der Waals surface area (Å²) in [7, 11) is 1.47. The van der Waals surface area contributed by atoms with E-state index in [9.17, 15) is 33.0 Å². The quantitative estimate of drug-likeness (QED) is 0.345. The van der Waals surface area contributed by atoms with E-state index in [2.05, 4.69) is 0 Å². The number of benzene rings is 3. The van der Waals surface area contributed by atoms with Crippen LogP contribution >= 0.6 is 0 Å². The van der Waals surface area contributed by atoms with E-state index in [0.717, 1.165) is 24.3 Å². The number of aliphatic carboxylic acids is 1. The van der Waals surface area contributed by atoms with Gasteiger partial charge in [-0.2, -0.15) is 13.2 Å². The van der Waals surface area contributed by atoms with E-state index in [-0.39, 0.29) is 28.1 Å². The van der Waals surface area contributed by atoms with Crippen LogP contribution in [0.2, 0.25) is 0 Å². The van der Waals surface area contributed by atoms with Gasteiger partial charge in [-0.25, -0.2) is 4.79 Å². The Morgan fingerprint density at radius 3 is 2.20 bits per heavy atom. The summed E-state index contributed by atoms with van der Waals surface area (Å²) in [6.07, 6.45) is -5.06. The van der Waals surface area contributed by atoms with Crippen molar-refractivity contribution in [2.75, 3.05) is 7.11 Å². The number of fused-ring (bicyclic) bond motifs is 1. The molecule has 0 unspecified atom stereocenters. The minimum Gasteiger partial charge on any atom is -0.497 e. The SMILES string of the molecule is COc1cccc(-n2c(CC(=O)O)c(C(=O)O)c3cc(Oc4ccc(C(F)(F)F)cc4)ccc32)c1. The summed E-state index contributed by atoms with van der Waals surface area (Å²) < 4.78 is 50.9. The lowest BCUT2D eigenvalue weighted by Gasteiger charge is -2.12. The van der Waals surface area contributed by atoms with E-state index in [1.54, 1.807) is 30.3 Å². The highest BCUT2D eigenvalue weighted by Crippen LogP contribution is 2.36. The number of carbonyl (C=O) groups is 2. The molecule has 35 heavy (non-hydrogen) atoms. The molecule has 4 rings (SSSR count). The highest BCUT2D eigenvalue weighted by molar-refractivity contribution is 6.07. The maximum Gasteiger partial charge on any atom is 0.416 e. The van der Waals surface area contributed by atoms with Crippen LogP contribution in [0, 0.1) is 0 Å². The Hall–Kier alpha value is -4.47. The van der Waals surface area contributed by atoms with Crippen molar-refractivity contribution in [1.29, 1.82) is 0 Å². The van der Waals surface area contributed by atoms with E-state index in [1.807, 2.05) is 0 Å². The average Bonchev–Trinajstić information content (AvgIpc) is 3.11. The van der Waals surface area contributed by atoms with Crippen molar-refractivity contribution in [3.8, 4) is 22.9 Å². The first kappa shape index (κ1) is 23.7. The first-order valence-electron chi connectivity index (χ1n) is 10.2. The Kier molecular flexibility index (Phi) is 6.12. The molecule has 3 aromatic carbocycles. The van der Waals surface area contributed by atoms with Gasteiger partial charge in [-0.1, -0.05) is 6.07 Å². The molecule has 1 aromatic heterocycles. The lowest BCUT2D eigenvalue weighted by molar-refractivity contribution is -0.138. The van der Waals surface area contributed by atoms with Gasteiger partial charge in [0.05, 0.1) is 30.2 Å². The largest absolute Gasteiger partial charge is 0.497 e. The van der Waals surface area contributed by atoms with E-state index in [0.29, 0.717) is 17.0 Å². The first-order valence-corrected chi connectivity index (χ1v) is 10.2. The van der Waals surface area contributed by atoms with Crippen LogP contribution in [0.3, 0.4) is 0 Å². The van der Waals surface area contributed by atoms with Crippen LogP contribution in [0.15, 0.2) is 66.7 Å². The Labute approximate surface area is 196 Å². The number of aromatic carboxylic acids is 1. The fourth-order valence-corrected chi connectivity index (χ4v) is 3.83. The number of nitrogens with zero attached hydrogens (tertiary/aromatic N) is 1. The van der Waals surface area contributed by atoms with Crippen molar-refractivity contribution in [2.45, 2.75) is 12.6 Å². The number of carboxylic acids is 2. The zero-order chi connectivity index (χ0) is 25.3. The third-order valence-corrected chi connectivity index (χ3v) is 5.30. The minimum absolute atomic E-state index is 0.0416. The molecule has 0 radical (unpaired) electrons. The second kappa shape index (κ2) is 9.05. The molecule has 0 saturated heterocycles. The second-order valence-electron chi connectivity index (χ2n) is 7.54. The summed E-state index contributed by atoms with van der Waals surface area (Å²) >= 11 is 0. The van der Waals surface area contributed by atoms with Crippen LogP contribution in [-0.2, 0) is 17.4 Å². The zero-order valence-corrected chi connectivity index (χ0v) is 18.2. The number of aromatic nitrogens is 1. The number of rotatable bonds is 7. The maximum atomic E-state index is 12.8. The number of carboxylic acid groups (broad SMARTS) is 2. The van der Waals surface area contributed by atoms with Crippen LogP contribution in [-0.4, -0.2) is 33.8 Å². The molecule has 0 fully saturated rings. The molecular formula is C25H18F3NO6. The first-order chi connectivity index (χ1) is 16.6. The summed E-state index contributed by atoms with van der Waals surface area (Å²) in [5, 5.41) is 19.6. The standard InChI is InChI=1S/C25H18F3NO6/c1-34-17-4-2-3-15(11-17)29-20-10-9-18(35-16-7-5-14(6-8-16)25(26,27)28)12-19(20)23(24(32)33)21(29)13-22(30)31/h2-12H,13H2,1H3,(H,30,31)(H,32,33). The highest BCUT2D eigenvalue weighted by Gasteiger charge is 2.30. The van der Waals surface area contributed by atoms with Crippen LogP contribution < -0.4 is 9.47 Å². The van der Waals surface area contributed by atoms with Crippen LogP contribution in [0.25, 0.3) is 16.6 Å². The van der Waals surface area contributed by atoms with Crippen LogP contribution in [0.5, 0.6) is 17.2 Å². The summed E-state index contributed by atoms with van der Waals surface area (Å²) in [5.41, 5.74) is -0.105. The fourth-order valence-electron chi connectivity index (χ4n) is 3.83. The smallest absolute Gasteiger partial charge is 0.416 e. The van der Waals surface area contributed by atoms with Crippen LogP contribution in [0.4, 0.5) is 13.2 Å². The zero-order valence-electron chi connectivity index (χ0n) is 18.2. The minimum atomic E-state index is -4.49. The van der Waals surface area contributed by atoms with E-state index < -0.39 is 30.1 Å². The predicted octanol–water partition coefficient (Wildman–Crippen LogP) is 5.78. The number of hydrogen-bond donors (Lipinski definition) is 2. The molecule has 0 amide bonds. The van der Waals surface area contributed by atoms with Crippen molar-refractivity contribution in [3.05, 3.63) is 83.6 Å². The predicted molar refractivity (Wildman–Crippen MR) is 120 cm³/mol. The van der Waals surface area contributed by atoms with Gasteiger partial charge in [0.25, 0.3) is 0 Å². The average molecular weight is 485 g/mol. The molecular weight excluding hydrogens is 467 g/mol. The molecule has 2 N–H and O–H groups in total. The van der Waals surface area contributed by atoms with Gasteiger partial charge in [-0.05, 0) is 54.6 Å². The molecule has 0 aliphatic rings. The molecule has 0 saturated carbocycles. The van der Waals surface area contributed by atoms with E-state index in [1.165, 1.54) is 23.8 Å². The summed E-state index contributed by atoms with van der Waals surface area (Å²) in [6, 6.07) is 15.3. The van der Waals surface area contributed by atoms with Gasteiger partial charge in [-0.3, -0.25) is 4.79 Å². The molecule has 7 nitrogen and oxygen atoms in total. The lowest BCUT2D eigenvalue weighted by atomic mass is 10.1. The summed E-state index contributed by atoms with van der Waals surface area (Å²) in [6.45, 7) is 0. The van der Waals surface area contributed by atoms with Crippen LogP contribution in [0.1, 0.15) is 21.6 Å². The molecule has 1 heterocycles. The van der Waals surface area contributed by atoms with Gasteiger partial charge in [0.2, 0.25) is 0 Å². The molecule has 0 aliphatic heterocycles. The molecule has 0 spiro atoms. The van der Waals surface area contributed by atoms with Gasteiger partial charge in [0.15, 0.2) is 0 Å². The number of halogens is 3. The Morgan fingerprint density at radius 2 is 1.60 bits per heavy atom. The van der Waals surface area contributed by atoms with Crippen molar-refractivity contribution < 1.29 is 42.4 Å². The van der Waals surface area contributed by atoms with Crippen molar-refractivity contribution in [2.24, 2.45) is 0 Å². The Bertz CT molecular complexity index is 1420. The van der Waals surface area contributed by atoms with Gasteiger partial charge < -0.3 is 24.3 Å². The normalized spacial score (nSPS) is 11.4. The summed E-state index contributed by atoms with van der Waals surface area (Å²) in [5.74, 6) is -1.78. The number of hydrogen-bond acceptors (Lipinski definition) is 4. The van der Waals surface area contributed by atoms with Gasteiger partial charge >= 0.3 is 18.1 Å². The maximum absolute atomic E-state index is 12.8. The van der Waals surface area contributed by atoms with E-state index in [4.69, 9.17) is 9.47 Å². The molecule has 0 atom stereocenters. The van der Waals surface area contributed by atoms with Gasteiger partial charge in [0.1, 0.15) is 17.2 Å². The molecule has 0 aliphatic carbocycles. The molecule has 4 aromatic rings. The molecule has 180 valence electrons. The third kappa shape index (κ3) is 4.77. The monoisotopic (exact) mass is 485 g/mol. The van der Waals surface area contributed by atoms with E-state index >= 15 is 0 Å². The highest BCUT2D eigenvalue weighted by atomic mass is 19.4. The van der Waals surface area contributed by atoms with Crippen molar-refractivity contribution >= 4 is 22.8 Å². The number of methoxy groups -OCH3 is 1. The fraction of sp³-hybridized carbons (Fsp3) is 0.120.